The van der Waals surface area contributed by atoms with Gasteiger partial charge in [0.05, 0.1) is 0 Å². The summed E-state index contributed by atoms with van der Waals surface area (Å²) in [6.45, 7) is 3.19. The highest BCUT2D eigenvalue weighted by atomic mass is 16.5. The van der Waals surface area contributed by atoms with Crippen molar-refractivity contribution in [3.63, 3.8) is 0 Å². The first-order chi connectivity index (χ1) is 12.9. The average Bonchev–Trinajstić information content (AvgIpc) is 3.19. The molecule has 0 radical (unpaired) electrons. The number of benzene rings is 2. The monoisotopic (exact) mass is 345 g/mol. The lowest BCUT2D eigenvalue weighted by molar-refractivity contribution is 0.290. The molecule has 3 aromatic rings. The topological polar surface area (TPSA) is 42.2 Å². The quantitative estimate of drug-likeness (QED) is 0.661. The summed E-state index contributed by atoms with van der Waals surface area (Å²) in [5.74, 6) is 1.40. The highest BCUT2D eigenvalue weighted by Gasteiger charge is 2.13. The number of aromatic nitrogens is 2. The zero-order valence-electron chi connectivity index (χ0n) is 14.8. The maximum atomic E-state index is 5.39. The molecule has 26 heavy (non-hydrogen) atoms. The van der Waals surface area contributed by atoms with Crippen LogP contribution < -0.4 is 0 Å². The number of hydrogen-bond donors (Lipinski definition) is 0. The summed E-state index contributed by atoms with van der Waals surface area (Å²) in [4.78, 5) is 6.99. The van der Waals surface area contributed by atoms with Crippen LogP contribution in [-0.2, 0) is 6.42 Å². The van der Waals surface area contributed by atoms with Crippen molar-refractivity contribution in [1.29, 1.82) is 0 Å². The van der Waals surface area contributed by atoms with Crippen LogP contribution in [0.1, 0.15) is 24.3 Å². The predicted octanol–water partition coefficient (Wildman–Crippen LogP) is 4.46. The minimum atomic E-state index is 0.675. The summed E-state index contributed by atoms with van der Waals surface area (Å²) in [5.41, 5.74) is 3.81. The van der Waals surface area contributed by atoms with Crippen LogP contribution in [0.5, 0.6) is 0 Å². The number of rotatable bonds is 6. The van der Waals surface area contributed by atoms with Crippen LogP contribution in [0.3, 0.4) is 0 Å². The van der Waals surface area contributed by atoms with Gasteiger partial charge >= 0.3 is 0 Å². The summed E-state index contributed by atoms with van der Waals surface area (Å²) in [6.07, 6.45) is 5.33. The van der Waals surface area contributed by atoms with Gasteiger partial charge in [0.1, 0.15) is 0 Å². The van der Waals surface area contributed by atoms with Crippen molar-refractivity contribution < 1.29 is 4.52 Å². The van der Waals surface area contributed by atoms with Gasteiger partial charge in [0.2, 0.25) is 11.7 Å². The highest BCUT2D eigenvalue weighted by molar-refractivity contribution is 5.66. The van der Waals surface area contributed by atoms with E-state index in [0.29, 0.717) is 5.82 Å². The molecule has 0 unspecified atom stereocenters. The molecule has 1 aromatic heterocycles. The Morgan fingerprint density at radius 3 is 2.35 bits per heavy atom. The Balaban J connectivity index is 1.26. The van der Waals surface area contributed by atoms with E-state index in [9.17, 15) is 0 Å². The van der Waals surface area contributed by atoms with E-state index in [0.717, 1.165) is 50.4 Å². The van der Waals surface area contributed by atoms with Gasteiger partial charge in [-0.1, -0.05) is 71.9 Å². The maximum Gasteiger partial charge on any atom is 0.227 e. The molecule has 4 heteroatoms. The second-order valence-electron chi connectivity index (χ2n) is 6.63. The van der Waals surface area contributed by atoms with E-state index in [1.807, 2.05) is 30.3 Å². The average molecular weight is 345 g/mol. The summed E-state index contributed by atoms with van der Waals surface area (Å²) >= 11 is 0. The largest absolute Gasteiger partial charge is 0.339 e. The number of hydrogen-bond acceptors (Lipinski definition) is 4. The molecular formula is C22H23N3O. The first-order valence-electron chi connectivity index (χ1n) is 9.23. The fourth-order valence-corrected chi connectivity index (χ4v) is 3.34. The van der Waals surface area contributed by atoms with Gasteiger partial charge in [-0.25, -0.2) is 0 Å². The van der Waals surface area contributed by atoms with Crippen molar-refractivity contribution in [2.45, 2.75) is 19.3 Å². The predicted molar refractivity (Wildman–Crippen MR) is 104 cm³/mol. The molecule has 2 aromatic carbocycles. The minimum absolute atomic E-state index is 0.675. The molecule has 0 saturated heterocycles. The Kier molecular flexibility index (Phi) is 5.22. The van der Waals surface area contributed by atoms with Gasteiger partial charge in [0.25, 0.3) is 0 Å². The molecule has 4 rings (SSSR count). The Hall–Kier alpha value is -2.72. The van der Waals surface area contributed by atoms with Crippen LogP contribution >= 0.6 is 0 Å². The summed E-state index contributed by atoms with van der Waals surface area (Å²) in [7, 11) is 0. The van der Waals surface area contributed by atoms with Crippen molar-refractivity contribution in [3.8, 4) is 11.4 Å². The molecule has 0 saturated carbocycles. The molecule has 1 aliphatic heterocycles. The lowest BCUT2D eigenvalue weighted by Crippen LogP contribution is -2.29. The molecule has 4 nitrogen and oxygen atoms in total. The van der Waals surface area contributed by atoms with Crippen molar-refractivity contribution in [2.75, 3.05) is 19.6 Å². The third kappa shape index (κ3) is 4.09. The van der Waals surface area contributed by atoms with Crippen LogP contribution in [-0.4, -0.2) is 34.7 Å². The molecule has 0 amide bonds. The lowest BCUT2D eigenvalue weighted by Gasteiger charge is -2.26. The van der Waals surface area contributed by atoms with E-state index >= 15 is 0 Å². The highest BCUT2D eigenvalue weighted by Crippen LogP contribution is 2.22. The third-order valence-electron chi connectivity index (χ3n) is 4.80. The Morgan fingerprint density at radius 1 is 0.923 bits per heavy atom. The van der Waals surface area contributed by atoms with Crippen molar-refractivity contribution in [3.05, 3.63) is 78.2 Å². The van der Waals surface area contributed by atoms with Crippen molar-refractivity contribution in [1.82, 2.24) is 15.0 Å². The zero-order chi connectivity index (χ0) is 17.6. The molecule has 2 heterocycles. The SMILES string of the molecule is C1=C(c2ccccc2)CCN(CCCc2nc(-c3ccccc3)no2)C1. The Bertz CT molecular complexity index is 855. The van der Waals surface area contributed by atoms with E-state index in [1.54, 1.807) is 0 Å². The first kappa shape index (κ1) is 16.7. The van der Waals surface area contributed by atoms with E-state index < -0.39 is 0 Å². The van der Waals surface area contributed by atoms with Gasteiger partial charge in [0, 0.05) is 25.1 Å². The molecule has 0 N–H and O–H groups in total. The Morgan fingerprint density at radius 2 is 1.65 bits per heavy atom. The van der Waals surface area contributed by atoms with E-state index in [2.05, 4.69) is 51.4 Å². The maximum absolute atomic E-state index is 5.39. The number of aryl methyl sites for hydroxylation is 1. The van der Waals surface area contributed by atoms with E-state index in [-0.39, 0.29) is 0 Å². The fourth-order valence-electron chi connectivity index (χ4n) is 3.34. The van der Waals surface area contributed by atoms with Gasteiger partial charge in [-0.15, -0.1) is 0 Å². The molecule has 0 spiro atoms. The molecule has 1 aliphatic rings. The summed E-state index contributed by atoms with van der Waals surface area (Å²) < 4.78 is 5.39. The summed E-state index contributed by atoms with van der Waals surface area (Å²) in [6, 6.07) is 20.6. The fraction of sp³-hybridized carbons (Fsp3) is 0.273. The standard InChI is InChI=1S/C22H23N3O/c1-3-8-18(9-4-1)19-13-16-25(17-14-19)15-7-12-21-23-22(24-26-21)20-10-5-2-6-11-20/h1-6,8-11,13H,7,12,14-17H2. The molecule has 0 bridgehead atoms. The summed E-state index contributed by atoms with van der Waals surface area (Å²) in [5, 5.41) is 4.09. The van der Waals surface area contributed by atoms with Gasteiger partial charge in [-0.05, 0) is 30.5 Å². The van der Waals surface area contributed by atoms with E-state index in [4.69, 9.17) is 4.52 Å². The van der Waals surface area contributed by atoms with Gasteiger partial charge in [-0.3, -0.25) is 4.90 Å². The Labute approximate surface area is 154 Å². The molecule has 0 fully saturated rings. The molecule has 0 aliphatic carbocycles. The number of nitrogens with zero attached hydrogens (tertiary/aromatic N) is 3. The minimum Gasteiger partial charge on any atom is -0.339 e. The van der Waals surface area contributed by atoms with Gasteiger partial charge in [-0.2, -0.15) is 4.98 Å². The van der Waals surface area contributed by atoms with Gasteiger partial charge in [0.15, 0.2) is 0 Å². The second-order valence-corrected chi connectivity index (χ2v) is 6.63. The first-order valence-corrected chi connectivity index (χ1v) is 9.23. The van der Waals surface area contributed by atoms with Crippen LogP contribution in [0, 0.1) is 0 Å². The van der Waals surface area contributed by atoms with Crippen LogP contribution in [0.25, 0.3) is 17.0 Å². The normalized spacial score (nSPS) is 15.0. The van der Waals surface area contributed by atoms with Gasteiger partial charge < -0.3 is 4.52 Å². The smallest absolute Gasteiger partial charge is 0.227 e. The molecule has 0 atom stereocenters. The van der Waals surface area contributed by atoms with E-state index in [1.165, 1.54) is 11.1 Å². The second kappa shape index (κ2) is 8.11. The zero-order valence-corrected chi connectivity index (χ0v) is 14.8. The van der Waals surface area contributed by atoms with Crippen LogP contribution in [0.15, 0.2) is 71.3 Å². The van der Waals surface area contributed by atoms with Crippen LogP contribution in [0.2, 0.25) is 0 Å². The van der Waals surface area contributed by atoms with Crippen molar-refractivity contribution in [2.24, 2.45) is 0 Å². The third-order valence-corrected chi connectivity index (χ3v) is 4.80. The molecular weight excluding hydrogens is 322 g/mol. The van der Waals surface area contributed by atoms with Crippen molar-refractivity contribution >= 4 is 5.57 Å². The van der Waals surface area contributed by atoms with Crippen LogP contribution in [0.4, 0.5) is 0 Å². The molecule has 132 valence electrons. The lowest BCUT2D eigenvalue weighted by atomic mass is 9.99.